The van der Waals surface area contributed by atoms with Crippen molar-refractivity contribution in [2.75, 3.05) is 0 Å². The Labute approximate surface area is 124 Å². The van der Waals surface area contributed by atoms with Crippen LogP contribution in [-0.4, -0.2) is 19.6 Å². The Morgan fingerprint density at radius 1 is 0.955 bits per heavy atom. The van der Waals surface area contributed by atoms with Gasteiger partial charge in [-0.2, -0.15) is 0 Å². The Hall–Kier alpha value is -3.21. The molecule has 3 aromatic heterocycles. The number of hydrogen-bond donors (Lipinski definition) is 0. The summed E-state index contributed by atoms with van der Waals surface area (Å²) in [6, 6.07) is 16.3. The van der Waals surface area contributed by atoms with Crippen LogP contribution < -0.4 is 0 Å². The lowest BCUT2D eigenvalue weighted by Gasteiger charge is -1.99. The number of aromatic nitrogens is 4. The molecule has 0 aliphatic carbocycles. The average molecular weight is 286 g/mol. The van der Waals surface area contributed by atoms with E-state index in [-0.39, 0.29) is 0 Å². The van der Waals surface area contributed by atoms with Gasteiger partial charge >= 0.3 is 0 Å². The number of hydrogen-bond acceptors (Lipinski definition) is 4. The van der Waals surface area contributed by atoms with Crippen molar-refractivity contribution in [3.63, 3.8) is 0 Å². The largest absolute Gasteiger partial charge is 0.454 e. The van der Waals surface area contributed by atoms with Gasteiger partial charge in [0.05, 0.1) is 5.69 Å². The van der Waals surface area contributed by atoms with Gasteiger partial charge in [0.1, 0.15) is 11.9 Å². The van der Waals surface area contributed by atoms with Gasteiger partial charge in [-0.25, -0.2) is 4.98 Å². The molecule has 104 valence electrons. The van der Waals surface area contributed by atoms with Crippen molar-refractivity contribution in [3.8, 4) is 11.5 Å². The van der Waals surface area contributed by atoms with Crippen molar-refractivity contribution in [2.45, 2.75) is 0 Å². The highest BCUT2D eigenvalue weighted by Gasteiger charge is 2.12. The Kier molecular flexibility index (Phi) is 2.16. The van der Waals surface area contributed by atoms with Crippen LogP contribution in [0.5, 0.6) is 0 Å². The summed E-state index contributed by atoms with van der Waals surface area (Å²) in [4.78, 5) is 4.18. The summed E-state index contributed by atoms with van der Waals surface area (Å²) < 4.78 is 7.85. The van der Waals surface area contributed by atoms with Gasteiger partial charge in [0, 0.05) is 11.6 Å². The number of furan rings is 1. The molecule has 5 aromatic rings. The van der Waals surface area contributed by atoms with Crippen LogP contribution in [0.2, 0.25) is 0 Å². The molecule has 0 aliphatic rings. The van der Waals surface area contributed by atoms with Gasteiger partial charge in [-0.15, -0.1) is 10.2 Å². The lowest BCUT2D eigenvalue weighted by molar-refractivity contribution is 0.627. The van der Waals surface area contributed by atoms with Crippen molar-refractivity contribution >= 4 is 27.5 Å². The molecule has 0 N–H and O–H groups in total. The first kappa shape index (κ1) is 11.4. The molecule has 5 heteroatoms. The van der Waals surface area contributed by atoms with Crippen LogP contribution in [-0.2, 0) is 0 Å². The minimum atomic E-state index is 0.558. The minimum Gasteiger partial charge on any atom is -0.454 e. The van der Waals surface area contributed by atoms with Gasteiger partial charge in [0.2, 0.25) is 0 Å². The molecule has 0 atom stereocenters. The van der Waals surface area contributed by atoms with Crippen LogP contribution >= 0.6 is 0 Å². The maximum absolute atomic E-state index is 6.04. The predicted molar refractivity (Wildman–Crippen MR) is 83.5 cm³/mol. The molecule has 0 aliphatic heterocycles. The van der Waals surface area contributed by atoms with Crippen LogP contribution in [0.25, 0.3) is 39.0 Å². The van der Waals surface area contributed by atoms with E-state index in [0.29, 0.717) is 5.78 Å². The molecule has 22 heavy (non-hydrogen) atoms. The molecule has 0 bridgehead atoms. The topological polar surface area (TPSA) is 56.2 Å². The van der Waals surface area contributed by atoms with E-state index >= 15 is 0 Å². The minimum absolute atomic E-state index is 0.558. The zero-order chi connectivity index (χ0) is 14.5. The van der Waals surface area contributed by atoms with Gasteiger partial charge in [0.25, 0.3) is 5.78 Å². The molecule has 3 heterocycles. The standard InChI is InChI=1S/C17H10N4O/c1-2-4-12-11(3-1)5-6-15-13(12)9-16(22-15)14-7-8-18-17-20-19-10-21(14)17/h1-10H. The average Bonchev–Trinajstić information content (AvgIpc) is 3.21. The molecule has 0 amide bonds. The summed E-state index contributed by atoms with van der Waals surface area (Å²) in [5.74, 6) is 1.33. The van der Waals surface area contributed by atoms with Crippen LogP contribution in [0.4, 0.5) is 0 Å². The summed E-state index contributed by atoms with van der Waals surface area (Å²) in [5, 5.41) is 11.4. The third-order valence-corrected chi connectivity index (χ3v) is 3.89. The number of rotatable bonds is 1. The highest BCUT2D eigenvalue weighted by Crippen LogP contribution is 2.32. The first-order chi connectivity index (χ1) is 10.9. The molecular weight excluding hydrogens is 276 g/mol. The molecular formula is C17H10N4O. The second kappa shape index (κ2) is 4.14. The fourth-order valence-corrected chi connectivity index (χ4v) is 2.86. The Bertz CT molecular complexity index is 1140. The van der Waals surface area contributed by atoms with Gasteiger partial charge < -0.3 is 4.42 Å². The third kappa shape index (κ3) is 1.50. The number of fused-ring (bicyclic) bond motifs is 4. The normalized spacial score (nSPS) is 11.6. The van der Waals surface area contributed by atoms with Crippen molar-refractivity contribution in [3.05, 3.63) is 61.1 Å². The summed E-state index contributed by atoms with van der Waals surface area (Å²) in [6.07, 6.45) is 3.35. The molecule has 0 spiro atoms. The van der Waals surface area contributed by atoms with E-state index in [1.807, 2.05) is 28.7 Å². The van der Waals surface area contributed by atoms with Gasteiger partial charge in [-0.3, -0.25) is 4.40 Å². The molecule has 5 nitrogen and oxygen atoms in total. The predicted octanol–water partition coefficient (Wildman–Crippen LogP) is 3.69. The fraction of sp³-hybridized carbons (Fsp3) is 0. The lowest BCUT2D eigenvalue weighted by Crippen LogP contribution is -1.91. The zero-order valence-corrected chi connectivity index (χ0v) is 11.5. The SMILES string of the molecule is c1ccc2c(c1)ccc1oc(-c3ccnc4nncn34)cc12. The number of benzene rings is 2. The molecule has 0 unspecified atom stereocenters. The molecule has 0 fully saturated rings. The Morgan fingerprint density at radius 3 is 2.91 bits per heavy atom. The Balaban J connectivity index is 1.85. The van der Waals surface area contributed by atoms with Crippen LogP contribution in [0.15, 0.2) is 65.5 Å². The highest BCUT2D eigenvalue weighted by molar-refractivity contribution is 6.06. The van der Waals surface area contributed by atoms with E-state index < -0.39 is 0 Å². The smallest absolute Gasteiger partial charge is 0.255 e. The summed E-state index contributed by atoms with van der Waals surface area (Å²) in [5.41, 5.74) is 1.75. The van der Waals surface area contributed by atoms with Gasteiger partial charge in [0.15, 0.2) is 5.76 Å². The van der Waals surface area contributed by atoms with Gasteiger partial charge in [-0.05, 0) is 29.0 Å². The first-order valence-electron chi connectivity index (χ1n) is 6.96. The fourth-order valence-electron chi connectivity index (χ4n) is 2.86. The molecule has 0 saturated heterocycles. The van der Waals surface area contributed by atoms with Gasteiger partial charge in [-0.1, -0.05) is 30.3 Å². The summed E-state index contributed by atoms with van der Waals surface area (Å²) >= 11 is 0. The van der Waals surface area contributed by atoms with E-state index in [1.54, 1.807) is 12.5 Å². The molecule has 5 rings (SSSR count). The van der Waals surface area contributed by atoms with Crippen molar-refractivity contribution in [2.24, 2.45) is 0 Å². The van der Waals surface area contributed by atoms with E-state index in [0.717, 1.165) is 22.4 Å². The third-order valence-electron chi connectivity index (χ3n) is 3.89. The van der Waals surface area contributed by atoms with Crippen LogP contribution in [0.1, 0.15) is 0 Å². The second-order valence-corrected chi connectivity index (χ2v) is 5.14. The van der Waals surface area contributed by atoms with E-state index in [9.17, 15) is 0 Å². The van der Waals surface area contributed by atoms with Crippen molar-refractivity contribution < 1.29 is 4.42 Å². The van der Waals surface area contributed by atoms with E-state index in [2.05, 4.69) is 39.4 Å². The van der Waals surface area contributed by atoms with Crippen LogP contribution in [0, 0.1) is 0 Å². The summed E-state index contributed by atoms with van der Waals surface area (Å²) in [7, 11) is 0. The van der Waals surface area contributed by atoms with E-state index in [1.165, 1.54) is 10.8 Å². The quantitative estimate of drug-likeness (QED) is 0.471. The first-order valence-corrected chi connectivity index (χ1v) is 6.96. The second-order valence-electron chi connectivity index (χ2n) is 5.14. The molecule has 0 saturated carbocycles. The number of nitrogens with zero attached hydrogens (tertiary/aromatic N) is 4. The molecule has 0 radical (unpaired) electrons. The maximum Gasteiger partial charge on any atom is 0.255 e. The lowest BCUT2D eigenvalue weighted by atomic mass is 10.1. The maximum atomic E-state index is 6.04. The monoisotopic (exact) mass is 286 g/mol. The van der Waals surface area contributed by atoms with Crippen molar-refractivity contribution in [1.82, 2.24) is 19.6 Å². The molecule has 2 aromatic carbocycles. The summed E-state index contributed by atoms with van der Waals surface area (Å²) in [6.45, 7) is 0. The van der Waals surface area contributed by atoms with Crippen LogP contribution in [0.3, 0.4) is 0 Å². The van der Waals surface area contributed by atoms with E-state index in [4.69, 9.17) is 4.42 Å². The Morgan fingerprint density at radius 2 is 1.91 bits per heavy atom. The zero-order valence-electron chi connectivity index (χ0n) is 11.5. The highest BCUT2D eigenvalue weighted by atomic mass is 16.3. The van der Waals surface area contributed by atoms with Crippen molar-refractivity contribution in [1.29, 1.82) is 0 Å².